The third-order valence-corrected chi connectivity index (χ3v) is 6.20. The normalized spacial score (nSPS) is 26.0. The number of halogens is 1. The fourth-order valence-corrected chi connectivity index (χ4v) is 4.60. The number of nitrogens with zero attached hydrogens (tertiary/aromatic N) is 2. The minimum absolute atomic E-state index is 0.0638. The molecule has 2 aliphatic heterocycles. The fourth-order valence-electron chi connectivity index (χ4n) is 4.60. The van der Waals surface area contributed by atoms with Gasteiger partial charge in [-0.1, -0.05) is 31.4 Å². The number of nitrogens with one attached hydrogen (secondary N) is 1. The minimum Gasteiger partial charge on any atom is -0.342 e. The van der Waals surface area contributed by atoms with Gasteiger partial charge in [0.2, 0.25) is 17.7 Å². The highest BCUT2D eigenvalue weighted by atomic mass is 19.1. The van der Waals surface area contributed by atoms with E-state index in [4.69, 9.17) is 0 Å². The molecule has 4 rings (SSSR count). The third-order valence-electron chi connectivity index (χ3n) is 6.20. The molecule has 1 N–H and O–H groups in total. The van der Waals surface area contributed by atoms with Crippen LogP contribution in [0, 0.1) is 11.7 Å². The predicted molar refractivity (Wildman–Crippen MR) is 101 cm³/mol. The number of fused-ring (bicyclic) bond motifs is 1. The molecule has 2 heterocycles. The van der Waals surface area contributed by atoms with E-state index in [1.165, 1.54) is 18.6 Å². The summed E-state index contributed by atoms with van der Waals surface area (Å²) in [5.41, 5.74) is 0.796. The number of carbonyl (C=O) groups is 3. The van der Waals surface area contributed by atoms with E-state index in [1.54, 1.807) is 21.9 Å². The first-order valence-corrected chi connectivity index (χ1v) is 10.2. The summed E-state index contributed by atoms with van der Waals surface area (Å²) in [4.78, 5) is 41.7. The summed E-state index contributed by atoms with van der Waals surface area (Å²) in [7, 11) is 0. The quantitative estimate of drug-likeness (QED) is 0.854. The maximum atomic E-state index is 13.1. The van der Waals surface area contributed by atoms with E-state index in [2.05, 4.69) is 5.32 Å². The average molecular weight is 387 g/mol. The van der Waals surface area contributed by atoms with E-state index in [-0.39, 0.29) is 36.0 Å². The first-order chi connectivity index (χ1) is 13.5. The van der Waals surface area contributed by atoms with Crippen molar-refractivity contribution in [2.45, 2.75) is 50.6 Å². The van der Waals surface area contributed by atoms with Gasteiger partial charge in [-0.3, -0.25) is 14.4 Å². The van der Waals surface area contributed by atoms with Crippen LogP contribution in [0.4, 0.5) is 4.39 Å². The summed E-state index contributed by atoms with van der Waals surface area (Å²) < 4.78 is 13.1. The maximum Gasteiger partial charge on any atom is 0.246 e. The Kier molecular flexibility index (Phi) is 5.33. The van der Waals surface area contributed by atoms with Crippen LogP contribution in [0.15, 0.2) is 24.3 Å². The predicted octanol–water partition coefficient (Wildman–Crippen LogP) is 1.49. The van der Waals surface area contributed by atoms with Gasteiger partial charge in [0.15, 0.2) is 0 Å². The fraction of sp³-hybridized carbons (Fsp3) is 0.571. The number of amides is 3. The average Bonchev–Trinajstić information content (AvgIpc) is 2.73. The zero-order chi connectivity index (χ0) is 19.7. The van der Waals surface area contributed by atoms with Crippen LogP contribution < -0.4 is 5.32 Å². The topological polar surface area (TPSA) is 69.7 Å². The van der Waals surface area contributed by atoms with E-state index in [1.807, 2.05) is 0 Å². The van der Waals surface area contributed by atoms with Gasteiger partial charge in [-0.2, -0.15) is 0 Å². The van der Waals surface area contributed by atoms with Gasteiger partial charge in [-0.25, -0.2) is 4.39 Å². The largest absolute Gasteiger partial charge is 0.342 e. The Balaban J connectivity index is 1.41. The van der Waals surface area contributed by atoms with Gasteiger partial charge in [0.25, 0.3) is 0 Å². The molecule has 2 saturated heterocycles. The van der Waals surface area contributed by atoms with Crippen LogP contribution in [0.3, 0.4) is 0 Å². The molecule has 1 aliphatic carbocycles. The summed E-state index contributed by atoms with van der Waals surface area (Å²) in [5, 5.41) is 2.81. The number of rotatable bonds is 3. The molecule has 2 atom stereocenters. The molecule has 3 aliphatic rings. The van der Waals surface area contributed by atoms with Crippen molar-refractivity contribution in [1.82, 2.24) is 15.1 Å². The highest BCUT2D eigenvalue weighted by Gasteiger charge is 2.44. The van der Waals surface area contributed by atoms with Crippen molar-refractivity contribution in [3.05, 3.63) is 35.6 Å². The van der Waals surface area contributed by atoms with E-state index in [0.717, 1.165) is 31.2 Å². The second-order valence-electron chi connectivity index (χ2n) is 8.06. The molecule has 150 valence electrons. The van der Waals surface area contributed by atoms with E-state index in [0.29, 0.717) is 19.5 Å². The van der Waals surface area contributed by atoms with Crippen LogP contribution in [0.1, 0.15) is 37.7 Å². The van der Waals surface area contributed by atoms with Crippen LogP contribution in [0.25, 0.3) is 0 Å². The van der Waals surface area contributed by atoms with E-state index >= 15 is 0 Å². The highest BCUT2D eigenvalue weighted by Crippen LogP contribution is 2.27. The van der Waals surface area contributed by atoms with Gasteiger partial charge in [0.05, 0.1) is 6.54 Å². The molecule has 1 aromatic rings. The zero-order valence-electron chi connectivity index (χ0n) is 15.9. The lowest BCUT2D eigenvalue weighted by molar-refractivity contribution is -0.156. The van der Waals surface area contributed by atoms with E-state index in [9.17, 15) is 18.8 Å². The smallest absolute Gasteiger partial charge is 0.246 e. The molecule has 0 aromatic heterocycles. The summed E-state index contributed by atoms with van der Waals surface area (Å²) >= 11 is 0. The Labute approximate surface area is 164 Å². The van der Waals surface area contributed by atoms with Crippen LogP contribution >= 0.6 is 0 Å². The second-order valence-corrected chi connectivity index (χ2v) is 8.06. The molecular weight excluding hydrogens is 361 g/mol. The van der Waals surface area contributed by atoms with Gasteiger partial charge >= 0.3 is 0 Å². The Bertz CT molecular complexity index is 761. The van der Waals surface area contributed by atoms with Crippen molar-refractivity contribution in [1.29, 1.82) is 0 Å². The second kappa shape index (κ2) is 7.89. The molecule has 3 amide bonds. The third kappa shape index (κ3) is 3.75. The van der Waals surface area contributed by atoms with Crippen molar-refractivity contribution >= 4 is 17.7 Å². The molecule has 1 saturated carbocycles. The molecule has 0 radical (unpaired) electrons. The number of carbonyl (C=O) groups excluding carboxylic acids is 3. The monoisotopic (exact) mass is 387 g/mol. The van der Waals surface area contributed by atoms with Crippen molar-refractivity contribution in [3.8, 4) is 0 Å². The van der Waals surface area contributed by atoms with Crippen LogP contribution in [-0.4, -0.2) is 59.2 Å². The summed E-state index contributed by atoms with van der Waals surface area (Å²) in [6.45, 7) is 1.14. The minimum atomic E-state index is -0.644. The molecule has 1 aromatic carbocycles. The molecular formula is C21H26FN3O3. The molecule has 6 nitrogen and oxygen atoms in total. The Hall–Kier alpha value is -2.44. The Morgan fingerprint density at radius 3 is 2.50 bits per heavy atom. The molecule has 0 bridgehead atoms. The van der Waals surface area contributed by atoms with Crippen molar-refractivity contribution in [2.24, 2.45) is 5.92 Å². The summed E-state index contributed by atoms with van der Waals surface area (Å²) in [6, 6.07) is 4.70. The van der Waals surface area contributed by atoms with Gasteiger partial charge < -0.3 is 15.1 Å². The summed E-state index contributed by atoms with van der Waals surface area (Å²) in [6.07, 6.45) is 5.54. The van der Waals surface area contributed by atoms with Crippen molar-refractivity contribution in [3.63, 3.8) is 0 Å². The lowest BCUT2D eigenvalue weighted by atomic mass is 9.88. The molecule has 3 fully saturated rings. The maximum absolute atomic E-state index is 13.1. The van der Waals surface area contributed by atoms with Gasteiger partial charge in [0, 0.05) is 25.4 Å². The lowest BCUT2D eigenvalue weighted by Crippen LogP contribution is -2.70. The number of hydrogen-bond donors (Lipinski definition) is 1. The Morgan fingerprint density at radius 1 is 1.07 bits per heavy atom. The van der Waals surface area contributed by atoms with Crippen LogP contribution in [0.5, 0.6) is 0 Å². The molecule has 7 heteroatoms. The van der Waals surface area contributed by atoms with E-state index < -0.39 is 12.1 Å². The van der Waals surface area contributed by atoms with Crippen LogP contribution in [-0.2, 0) is 20.8 Å². The highest BCUT2D eigenvalue weighted by molar-refractivity contribution is 5.98. The SMILES string of the molecule is O=C1N[C@@H](Cc2ccc(F)cc2)C(=O)N2CCN(C(=O)C3CCCCC3)C[C@H]12. The first-order valence-electron chi connectivity index (χ1n) is 10.2. The van der Waals surface area contributed by atoms with Gasteiger partial charge in [-0.05, 0) is 30.5 Å². The summed E-state index contributed by atoms with van der Waals surface area (Å²) in [5.74, 6) is -0.477. The first kappa shape index (κ1) is 18.9. The standard InChI is InChI=1S/C21H26FN3O3/c22-16-8-6-14(7-9-16)12-17-21(28)25-11-10-24(13-18(25)19(26)23-17)20(27)15-4-2-1-3-5-15/h6-9,15,17-18H,1-5,10-13H2,(H,23,26)/t17-,18+/m0/s1. The van der Waals surface area contributed by atoms with Gasteiger partial charge in [-0.15, -0.1) is 0 Å². The van der Waals surface area contributed by atoms with Crippen molar-refractivity contribution in [2.75, 3.05) is 19.6 Å². The number of benzene rings is 1. The number of hydrogen-bond acceptors (Lipinski definition) is 3. The lowest BCUT2D eigenvalue weighted by Gasteiger charge is -2.46. The molecule has 28 heavy (non-hydrogen) atoms. The van der Waals surface area contributed by atoms with Crippen molar-refractivity contribution < 1.29 is 18.8 Å². The van der Waals surface area contributed by atoms with Gasteiger partial charge in [0.1, 0.15) is 17.9 Å². The molecule has 0 unspecified atom stereocenters. The molecule has 0 spiro atoms. The zero-order valence-corrected chi connectivity index (χ0v) is 15.9. The number of piperazine rings is 2. The Morgan fingerprint density at radius 2 is 1.79 bits per heavy atom. The van der Waals surface area contributed by atoms with Crippen LogP contribution in [0.2, 0.25) is 0 Å².